The van der Waals surface area contributed by atoms with Crippen LogP contribution in [0.15, 0.2) is 97.1 Å². The topological polar surface area (TPSA) is 117 Å². The summed E-state index contributed by atoms with van der Waals surface area (Å²) in [6.45, 7) is 1.37. The zero-order valence-electron chi connectivity index (χ0n) is 24.3. The van der Waals surface area contributed by atoms with Crippen molar-refractivity contribution in [2.45, 2.75) is 43.3 Å². The monoisotopic (exact) mass is 588 g/mol. The van der Waals surface area contributed by atoms with E-state index in [1.807, 2.05) is 73.7 Å². The molecule has 44 heavy (non-hydrogen) atoms. The SMILES string of the molecule is [B][C@H]1O[C@@]2(O[C@H](CC)c3cccc(C(=O)N[C@@H](CO)c4ccccc4)c32)c2c(C(=O)N[C@@H](CO)c3ccccc3)cccc21. The van der Waals surface area contributed by atoms with E-state index in [0.29, 0.717) is 28.7 Å². The van der Waals surface area contributed by atoms with Crippen LogP contribution in [0.1, 0.15) is 91.6 Å². The molecule has 4 aromatic carbocycles. The smallest absolute Gasteiger partial charge is 0.252 e. The van der Waals surface area contributed by atoms with Gasteiger partial charge >= 0.3 is 0 Å². The maximum Gasteiger partial charge on any atom is 0.252 e. The Morgan fingerprint density at radius 2 is 1.20 bits per heavy atom. The summed E-state index contributed by atoms with van der Waals surface area (Å²) < 4.78 is 13.1. The van der Waals surface area contributed by atoms with Gasteiger partial charge in [0.05, 0.1) is 31.4 Å². The third kappa shape index (κ3) is 5.12. The highest BCUT2D eigenvalue weighted by atomic mass is 16.7. The molecule has 2 aliphatic rings. The van der Waals surface area contributed by atoms with Gasteiger partial charge in [0.1, 0.15) is 7.85 Å². The van der Waals surface area contributed by atoms with Crippen molar-refractivity contribution in [3.05, 3.63) is 142 Å². The Bertz CT molecular complexity index is 1670. The first kappa shape index (κ1) is 29.8. The molecule has 8 nitrogen and oxygen atoms in total. The molecule has 6 rings (SSSR count). The van der Waals surface area contributed by atoms with Crippen LogP contribution in [0.4, 0.5) is 0 Å². The number of ether oxygens (including phenoxy) is 2. The van der Waals surface area contributed by atoms with E-state index in [9.17, 15) is 19.8 Å². The van der Waals surface area contributed by atoms with Crippen LogP contribution in [-0.4, -0.2) is 43.1 Å². The van der Waals surface area contributed by atoms with Gasteiger partial charge in [-0.1, -0.05) is 91.9 Å². The quantitative estimate of drug-likeness (QED) is 0.214. The van der Waals surface area contributed by atoms with E-state index in [1.165, 1.54) is 0 Å². The molecule has 2 amide bonds. The fourth-order valence-corrected chi connectivity index (χ4v) is 6.27. The Balaban J connectivity index is 1.44. The van der Waals surface area contributed by atoms with Crippen LogP contribution in [0.2, 0.25) is 0 Å². The average Bonchev–Trinajstić information content (AvgIpc) is 3.55. The van der Waals surface area contributed by atoms with Crippen molar-refractivity contribution in [2.24, 2.45) is 0 Å². The molecule has 4 N–H and O–H groups in total. The lowest BCUT2D eigenvalue weighted by Crippen LogP contribution is -2.37. The number of aliphatic hydroxyl groups is 2. The Labute approximate surface area is 257 Å². The zero-order valence-corrected chi connectivity index (χ0v) is 24.3. The molecule has 0 aromatic heterocycles. The first-order valence-corrected chi connectivity index (χ1v) is 14.7. The highest BCUT2D eigenvalue weighted by Gasteiger charge is 2.56. The van der Waals surface area contributed by atoms with Crippen LogP contribution in [0.5, 0.6) is 0 Å². The van der Waals surface area contributed by atoms with Gasteiger partial charge in [-0.15, -0.1) is 0 Å². The second kappa shape index (κ2) is 12.4. The van der Waals surface area contributed by atoms with Crippen molar-refractivity contribution in [3.63, 3.8) is 0 Å². The average molecular weight is 588 g/mol. The van der Waals surface area contributed by atoms with E-state index >= 15 is 0 Å². The van der Waals surface area contributed by atoms with Crippen molar-refractivity contribution in [2.75, 3.05) is 13.2 Å². The number of rotatable bonds is 9. The maximum atomic E-state index is 14.0. The summed E-state index contributed by atoms with van der Waals surface area (Å²) in [5.74, 6) is -2.52. The summed E-state index contributed by atoms with van der Waals surface area (Å²) in [7, 11) is 6.53. The van der Waals surface area contributed by atoms with Crippen molar-refractivity contribution < 1.29 is 29.3 Å². The molecule has 2 radical (unpaired) electrons. The Kier molecular flexibility index (Phi) is 8.38. The molecule has 0 aliphatic carbocycles. The van der Waals surface area contributed by atoms with E-state index < -0.39 is 41.8 Å². The van der Waals surface area contributed by atoms with Gasteiger partial charge in [-0.25, -0.2) is 0 Å². The third-order valence-electron chi connectivity index (χ3n) is 8.35. The van der Waals surface area contributed by atoms with Crippen LogP contribution in [-0.2, 0) is 15.3 Å². The lowest BCUT2D eigenvalue weighted by Gasteiger charge is -2.30. The van der Waals surface area contributed by atoms with E-state index in [4.69, 9.17) is 17.3 Å². The number of carbonyl (C=O) groups excluding carboxylic acids is 2. The van der Waals surface area contributed by atoms with E-state index in [-0.39, 0.29) is 18.8 Å². The lowest BCUT2D eigenvalue weighted by atomic mass is 9.83. The highest BCUT2D eigenvalue weighted by molar-refractivity contribution is 6.12. The van der Waals surface area contributed by atoms with Gasteiger partial charge in [0.15, 0.2) is 0 Å². The largest absolute Gasteiger partial charge is 0.394 e. The van der Waals surface area contributed by atoms with Gasteiger partial charge in [-0.05, 0) is 40.8 Å². The summed E-state index contributed by atoms with van der Waals surface area (Å²) in [5.41, 5.74) is 4.29. The van der Waals surface area contributed by atoms with E-state index in [1.54, 1.807) is 30.3 Å². The summed E-state index contributed by atoms with van der Waals surface area (Å²) in [5, 5.41) is 26.2. The van der Waals surface area contributed by atoms with E-state index in [0.717, 1.165) is 16.7 Å². The normalized spacial score (nSPS) is 21.3. The van der Waals surface area contributed by atoms with Crippen molar-refractivity contribution in [1.82, 2.24) is 10.6 Å². The van der Waals surface area contributed by atoms with Crippen molar-refractivity contribution >= 4 is 19.7 Å². The number of benzene rings is 4. The molecule has 0 unspecified atom stereocenters. The number of hydrogen-bond acceptors (Lipinski definition) is 6. The van der Waals surface area contributed by atoms with Gasteiger partial charge in [0, 0.05) is 28.3 Å². The highest BCUT2D eigenvalue weighted by Crippen LogP contribution is 2.57. The molecule has 1 spiro atoms. The lowest BCUT2D eigenvalue weighted by molar-refractivity contribution is -0.223. The second-order valence-electron chi connectivity index (χ2n) is 10.9. The number of nitrogens with one attached hydrogen (secondary N) is 2. The minimum absolute atomic E-state index is 0.264. The molecule has 4 aromatic rings. The standard InChI is InChI=1S/C35H33BN2O6/c1-2-29-23-15-9-17-25(33(41)37-27(19-39)21-11-5-3-6-12-21)30(23)35(43-29)31-24(32(36)44-35)16-10-18-26(31)34(42)38-28(20-40)22-13-7-4-8-14-22/h3-18,27-29,32,39-40H,2,19-20H2,1H3,(H,37,41)(H,38,42)/t27-,28-,29+,32-,35+/m0/s1. The maximum absolute atomic E-state index is 14.0. The molecule has 2 heterocycles. The molecule has 0 bridgehead atoms. The second-order valence-corrected chi connectivity index (χ2v) is 10.9. The molecule has 222 valence electrons. The van der Waals surface area contributed by atoms with Gasteiger partial charge in [-0.3, -0.25) is 9.59 Å². The van der Waals surface area contributed by atoms with Crippen LogP contribution in [0, 0.1) is 0 Å². The number of hydrogen-bond donors (Lipinski definition) is 4. The Hall–Kier alpha value is -4.28. The molecular weight excluding hydrogens is 555 g/mol. The fraction of sp³-hybridized carbons (Fsp3) is 0.257. The summed E-state index contributed by atoms with van der Waals surface area (Å²) in [6.07, 6.45) is 0.135. The van der Waals surface area contributed by atoms with Crippen LogP contribution in [0.25, 0.3) is 0 Å². The summed E-state index contributed by atoms with van der Waals surface area (Å²) in [4.78, 5) is 27.9. The molecule has 0 saturated heterocycles. The Morgan fingerprint density at radius 3 is 1.68 bits per heavy atom. The number of fused-ring (bicyclic) bond motifs is 4. The summed E-state index contributed by atoms with van der Waals surface area (Å²) >= 11 is 0. The van der Waals surface area contributed by atoms with E-state index in [2.05, 4.69) is 10.6 Å². The molecule has 5 atom stereocenters. The van der Waals surface area contributed by atoms with Crippen molar-refractivity contribution in [1.29, 1.82) is 0 Å². The first-order chi connectivity index (χ1) is 21.4. The molecule has 2 aliphatic heterocycles. The van der Waals surface area contributed by atoms with Crippen molar-refractivity contribution in [3.8, 4) is 0 Å². The van der Waals surface area contributed by atoms with Gasteiger partial charge in [0.2, 0.25) is 5.79 Å². The molecule has 0 fully saturated rings. The minimum Gasteiger partial charge on any atom is -0.394 e. The fourth-order valence-electron chi connectivity index (χ4n) is 6.27. The summed E-state index contributed by atoms with van der Waals surface area (Å²) in [6, 6.07) is 26.7. The van der Waals surface area contributed by atoms with Crippen LogP contribution in [0.3, 0.4) is 0 Å². The van der Waals surface area contributed by atoms with Gasteiger partial charge < -0.3 is 30.3 Å². The van der Waals surface area contributed by atoms with Crippen LogP contribution >= 0.6 is 0 Å². The van der Waals surface area contributed by atoms with Gasteiger partial charge in [0.25, 0.3) is 11.8 Å². The zero-order chi connectivity index (χ0) is 30.8. The number of carbonyl (C=O) groups is 2. The Morgan fingerprint density at radius 1 is 0.727 bits per heavy atom. The van der Waals surface area contributed by atoms with Crippen LogP contribution < -0.4 is 10.6 Å². The molecular formula is C35H33BN2O6. The predicted molar refractivity (Wildman–Crippen MR) is 165 cm³/mol. The molecule has 0 saturated carbocycles. The predicted octanol–water partition coefficient (Wildman–Crippen LogP) is 4.49. The number of amides is 2. The minimum atomic E-state index is -1.64. The first-order valence-electron chi connectivity index (χ1n) is 14.7. The van der Waals surface area contributed by atoms with Gasteiger partial charge in [-0.2, -0.15) is 0 Å². The number of aliphatic hydroxyl groups excluding tert-OH is 2. The third-order valence-corrected chi connectivity index (χ3v) is 8.35. The molecule has 9 heteroatoms.